The Morgan fingerprint density at radius 1 is 1.26 bits per heavy atom. The maximum absolute atomic E-state index is 13.5. The van der Waals surface area contributed by atoms with E-state index in [1.807, 2.05) is 0 Å². The number of carboxylic acid groups (broad SMARTS) is 1. The van der Waals surface area contributed by atoms with Crippen LogP contribution in [-0.4, -0.2) is 16.9 Å². The number of aliphatic carboxylic acids is 1. The van der Waals surface area contributed by atoms with Gasteiger partial charge < -0.3 is 5.11 Å². The summed E-state index contributed by atoms with van der Waals surface area (Å²) in [5, 5.41) is 9.01. The molecule has 1 aromatic carbocycles. The summed E-state index contributed by atoms with van der Waals surface area (Å²) in [6.07, 6.45) is 3.12. The van der Waals surface area contributed by atoms with Crippen LogP contribution in [0.1, 0.15) is 42.5 Å². The lowest BCUT2D eigenvalue weighted by atomic mass is 9.78. The number of benzene rings is 1. The minimum absolute atomic E-state index is 0.0574. The Labute approximate surface area is 111 Å². The molecule has 1 aliphatic carbocycles. The highest BCUT2D eigenvalue weighted by molar-refractivity contribution is 5.96. The number of carbonyl (C=O) groups excluding carboxylic acids is 1. The van der Waals surface area contributed by atoms with Crippen LogP contribution in [0.4, 0.5) is 4.39 Å². The SMILES string of the molecule is O=C(C[C@@H]1CCC[C@H](C(=O)O)C1)c1ccccc1F. The van der Waals surface area contributed by atoms with Crippen molar-refractivity contribution in [2.45, 2.75) is 32.1 Å². The molecule has 2 atom stereocenters. The van der Waals surface area contributed by atoms with Crippen LogP contribution in [-0.2, 0) is 4.79 Å². The van der Waals surface area contributed by atoms with Crippen LogP contribution in [0.3, 0.4) is 0 Å². The zero-order valence-corrected chi connectivity index (χ0v) is 10.6. The first kappa shape index (κ1) is 13.7. The van der Waals surface area contributed by atoms with Crippen LogP contribution < -0.4 is 0 Å². The number of carbonyl (C=O) groups is 2. The van der Waals surface area contributed by atoms with E-state index >= 15 is 0 Å². The summed E-state index contributed by atoms with van der Waals surface area (Å²) >= 11 is 0. The topological polar surface area (TPSA) is 54.4 Å². The number of hydrogen-bond acceptors (Lipinski definition) is 2. The van der Waals surface area contributed by atoms with Crippen molar-refractivity contribution < 1.29 is 19.1 Å². The van der Waals surface area contributed by atoms with E-state index in [2.05, 4.69) is 0 Å². The fourth-order valence-corrected chi connectivity index (χ4v) is 2.76. The minimum Gasteiger partial charge on any atom is -0.481 e. The van der Waals surface area contributed by atoms with Gasteiger partial charge in [-0.25, -0.2) is 4.39 Å². The van der Waals surface area contributed by atoms with Crippen LogP contribution >= 0.6 is 0 Å². The number of halogens is 1. The molecule has 0 amide bonds. The quantitative estimate of drug-likeness (QED) is 0.849. The summed E-state index contributed by atoms with van der Waals surface area (Å²) in [5.41, 5.74) is 0.111. The standard InChI is InChI=1S/C15H17FO3/c16-13-7-2-1-6-12(13)14(17)9-10-4-3-5-11(8-10)15(18)19/h1-2,6-7,10-11H,3-5,8-9H2,(H,18,19)/t10-,11+/m1/s1. The van der Waals surface area contributed by atoms with Gasteiger partial charge in [-0.15, -0.1) is 0 Å². The van der Waals surface area contributed by atoms with E-state index < -0.39 is 11.8 Å². The number of Topliss-reactive ketones (excluding diaryl/α,β-unsaturated/α-hetero) is 1. The van der Waals surface area contributed by atoms with Gasteiger partial charge in [-0.3, -0.25) is 9.59 Å². The average Bonchev–Trinajstić information content (AvgIpc) is 2.39. The van der Waals surface area contributed by atoms with Crippen molar-refractivity contribution in [1.29, 1.82) is 0 Å². The zero-order chi connectivity index (χ0) is 13.8. The van der Waals surface area contributed by atoms with Crippen molar-refractivity contribution in [2.75, 3.05) is 0 Å². The predicted molar refractivity (Wildman–Crippen MR) is 68.4 cm³/mol. The van der Waals surface area contributed by atoms with Gasteiger partial charge in [0.1, 0.15) is 5.82 Å². The van der Waals surface area contributed by atoms with E-state index in [9.17, 15) is 14.0 Å². The fourth-order valence-electron chi connectivity index (χ4n) is 2.76. The third-order valence-corrected chi connectivity index (χ3v) is 3.78. The molecule has 1 N–H and O–H groups in total. The highest BCUT2D eigenvalue weighted by Gasteiger charge is 2.28. The minimum atomic E-state index is -0.789. The van der Waals surface area contributed by atoms with Gasteiger partial charge in [-0.2, -0.15) is 0 Å². The van der Waals surface area contributed by atoms with E-state index in [4.69, 9.17) is 5.11 Å². The van der Waals surface area contributed by atoms with Gasteiger partial charge >= 0.3 is 5.97 Å². The largest absolute Gasteiger partial charge is 0.481 e. The van der Waals surface area contributed by atoms with E-state index in [1.54, 1.807) is 12.1 Å². The molecule has 4 heteroatoms. The number of carboxylic acids is 1. The first-order chi connectivity index (χ1) is 9.08. The monoisotopic (exact) mass is 264 g/mol. The van der Waals surface area contributed by atoms with Crippen LogP contribution in [0.5, 0.6) is 0 Å². The Bertz CT molecular complexity index is 484. The first-order valence-electron chi connectivity index (χ1n) is 6.58. The van der Waals surface area contributed by atoms with Gasteiger partial charge in [0, 0.05) is 6.42 Å². The average molecular weight is 264 g/mol. The van der Waals surface area contributed by atoms with Crippen molar-refractivity contribution in [3.63, 3.8) is 0 Å². The Hall–Kier alpha value is -1.71. The predicted octanol–water partition coefficient (Wildman–Crippen LogP) is 3.29. The third kappa shape index (κ3) is 3.40. The summed E-state index contributed by atoms with van der Waals surface area (Å²) in [5.74, 6) is -1.82. The summed E-state index contributed by atoms with van der Waals surface area (Å²) < 4.78 is 13.5. The lowest BCUT2D eigenvalue weighted by Gasteiger charge is -2.26. The molecule has 0 unspecified atom stereocenters. The molecule has 0 heterocycles. The van der Waals surface area contributed by atoms with Crippen molar-refractivity contribution in [2.24, 2.45) is 11.8 Å². The summed E-state index contributed by atoms with van der Waals surface area (Å²) in [4.78, 5) is 23.0. The molecule has 1 fully saturated rings. The molecular weight excluding hydrogens is 247 g/mol. The van der Waals surface area contributed by atoms with Gasteiger partial charge in [0.15, 0.2) is 5.78 Å². The van der Waals surface area contributed by atoms with E-state index in [1.165, 1.54) is 12.1 Å². The number of ketones is 1. The highest BCUT2D eigenvalue weighted by Crippen LogP contribution is 2.32. The molecule has 0 bridgehead atoms. The second kappa shape index (κ2) is 5.95. The second-order valence-corrected chi connectivity index (χ2v) is 5.17. The molecule has 0 saturated heterocycles. The fraction of sp³-hybridized carbons (Fsp3) is 0.467. The molecular formula is C15H17FO3. The summed E-state index contributed by atoms with van der Waals surface area (Å²) in [6.45, 7) is 0. The highest BCUT2D eigenvalue weighted by atomic mass is 19.1. The van der Waals surface area contributed by atoms with Gasteiger partial charge in [0.2, 0.25) is 0 Å². The normalized spacial score (nSPS) is 23.0. The molecule has 102 valence electrons. The van der Waals surface area contributed by atoms with Crippen molar-refractivity contribution >= 4 is 11.8 Å². The van der Waals surface area contributed by atoms with Gasteiger partial charge in [0.05, 0.1) is 11.5 Å². The second-order valence-electron chi connectivity index (χ2n) is 5.17. The van der Waals surface area contributed by atoms with Crippen molar-refractivity contribution in [3.8, 4) is 0 Å². The maximum Gasteiger partial charge on any atom is 0.306 e. The van der Waals surface area contributed by atoms with Gasteiger partial charge in [-0.1, -0.05) is 18.6 Å². The van der Waals surface area contributed by atoms with E-state index in [-0.39, 0.29) is 29.6 Å². The lowest BCUT2D eigenvalue weighted by Crippen LogP contribution is -2.24. The Balaban J connectivity index is 1.99. The molecule has 2 rings (SSSR count). The molecule has 1 aromatic rings. The van der Waals surface area contributed by atoms with Crippen LogP contribution in [0, 0.1) is 17.7 Å². The maximum atomic E-state index is 13.5. The number of rotatable bonds is 4. The van der Waals surface area contributed by atoms with E-state index in [0.717, 1.165) is 12.8 Å². The molecule has 0 radical (unpaired) electrons. The number of hydrogen-bond donors (Lipinski definition) is 1. The van der Waals surface area contributed by atoms with E-state index in [0.29, 0.717) is 12.8 Å². The summed E-state index contributed by atoms with van der Waals surface area (Å²) in [6, 6.07) is 5.94. The molecule has 0 aromatic heterocycles. The van der Waals surface area contributed by atoms with Crippen molar-refractivity contribution in [1.82, 2.24) is 0 Å². The van der Waals surface area contributed by atoms with Crippen LogP contribution in [0.15, 0.2) is 24.3 Å². The van der Waals surface area contributed by atoms with Crippen LogP contribution in [0.25, 0.3) is 0 Å². The summed E-state index contributed by atoms with van der Waals surface area (Å²) in [7, 11) is 0. The molecule has 0 aliphatic heterocycles. The zero-order valence-electron chi connectivity index (χ0n) is 10.6. The Morgan fingerprint density at radius 3 is 2.68 bits per heavy atom. The first-order valence-corrected chi connectivity index (χ1v) is 6.58. The molecule has 1 saturated carbocycles. The van der Waals surface area contributed by atoms with Gasteiger partial charge in [-0.05, 0) is 37.3 Å². The van der Waals surface area contributed by atoms with Crippen LogP contribution in [0.2, 0.25) is 0 Å². The molecule has 3 nitrogen and oxygen atoms in total. The lowest BCUT2D eigenvalue weighted by molar-refractivity contribution is -0.143. The molecule has 1 aliphatic rings. The Morgan fingerprint density at radius 2 is 2.00 bits per heavy atom. The smallest absolute Gasteiger partial charge is 0.306 e. The van der Waals surface area contributed by atoms with Gasteiger partial charge in [0.25, 0.3) is 0 Å². The Kier molecular flexibility index (Phi) is 4.30. The molecule has 0 spiro atoms. The third-order valence-electron chi connectivity index (χ3n) is 3.78. The van der Waals surface area contributed by atoms with Crippen molar-refractivity contribution in [3.05, 3.63) is 35.6 Å². The molecule has 19 heavy (non-hydrogen) atoms.